The lowest BCUT2D eigenvalue weighted by Gasteiger charge is -2.16. The fraction of sp³-hybridized carbons (Fsp3) is 0.462. The molecule has 1 saturated heterocycles. The minimum Gasteiger partial charge on any atom is -0.495 e. The number of benzene rings is 1. The number of carbonyl (C=O) groups excluding carboxylic acids is 1. The van der Waals surface area contributed by atoms with E-state index in [-0.39, 0.29) is 26.6 Å². The van der Waals surface area contributed by atoms with Gasteiger partial charge in [-0.2, -0.15) is 4.72 Å². The predicted octanol–water partition coefficient (Wildman–Crippen LogP) is 1.95. The molecule has 1 aromatic rings. The average molecular weight is 367 g/mol. The van der Waals surface area contributed by atoms with Crippen LogP contribution in [0, 0.1) is 0 Å². The van der Waals surface area contributed by atoms with Crippen LogP contribution in [0.1, 0.15) is 19.3 Å². The lowest BCUT2D eigenvalue weighted by Crippen LogP contribution is -2.45. The zero-order valence-electron chi connectivity index (χ0n) is 11.9. The molecule has 0 aromatic heterocycles. The van der Waals surface area contributed by atoms with Crippen LogP contribution in [0.15, 0.2) is 17.0 Å². The van der Waals surface area contributed by atoms with E-state index in [2.05, 4.69) is 10.0 Å². The maximum atomic E-state index is 12.5. The first-order valence-corrected chi connectivity index (χ1v) is 8.92. The van der Waals surface area contributed by atoms with E-state index in [4.69, 9.17) is 27.9 Å². The van der Waals surface area contributed by atoms with Crippen LogP contribution >= 0.6 is 23.2 Å². The second-order valence-electron chi connectivity index (χ2n) is 4.88. The van der Waals surface area contributed by atoms with Crippen LogP contribution in [0.25, 0.3) is 0 Å². The van der Waals surface area contributed by atoms with Gasteiger partial charge >= 0.3 is 0 Å². The summed E-state index contributed by atoms with van der Waals surface area (Å²) in [4.78, 5) is 11.7. The standard InChI is InChI=1S/C13H16Cl2N2O4S/c1-21-11-6-9(15)12(7-8(11)14)22(19,20)17-10-4-2-3-5-16-13(10)18/h6-7,10,17H,2-5H2,1H3,(H,16,18). The van der Waals surface area contributed by atoms with Crippen LogP contribution in [0.3, 0.4) is 0 Å². The number of amides is 1. The number of carbonyl (C=O) groups is 1. The van der Waals surface area contributed by atoms with Crippen LogP contribution < -0.4 is 14.8 Å². The Morgan fingerprint density at radius 3 is 2.68 bits per heavy atom. The van der Waals surface area contributed by atoms with Crippen LogP contribution in [0.5, 0.6) is 5.75 Å². The SMILES string of the molecule is COc1cc(Cl)c(S(=O)(=O)NC2CCCCNC2=O)cc1Cl. The Morgan fingerprint density at radius 1 is 1.27 bits per heavy atom. The Kier molecular flexibility index (Phi) is 5.55. The number of ether oxygens (including phenoxy) is 1. The van der Waals surface area contributed by atoms with E-state index in [1.807, 2.05) is 0 Å². The van der Waals surface area contributed by atoms with Gasteiger partial charge in [0.15, 0.2) is 0 Å². The summed E-state index contributed by atoms with van der Waals surface area (Å²) in [5.41, 5.74) is 0. The lowest BCUT2D eigenvalue weighted by atomic mass is 10.1. The molecule has 1 aromatic carbocycles. The number of hydrogen-bond donors (Lipinski definition) is 2. The second kappa shape index (κ2) is 7.04. The molecule has 2 N–H and O–H groups in total. The molecule has 122 valence electrons. The van der Waals surface area contributed by atoms with Gasteiger partial charge in [0.2, 0.25) is 15.9 Å². The lowest BCUT2D eigenvalue weighted by molar-refractivity contribution is -0.122. The smallest absolute Gasteiger partial charge is 0.242 e. The summed E-state index contributed by atoms with van der Waals surface area (Å²) in [5.74, 6) is -0.0605. The van der Waals surface area contributed by atoms with Crippen molar-refractivity contribution in [2.75, 3.05) is 13.7 Å². The molecule has 9 heteroatoms. The van der Waals surface area contributed by atoms with E-state index < -0.39 is 16.1 Å². The first-order chi connectivity index (χ1) is 10.3. The van der Waals surface area contributed by atoms with E-state index >= 15 is 0 Å². The molecule has 1 aliphatic heterocycles. The third kappa shape index (κ3) is 3.84. The summed E-state index contributed by atoms with van der Waals surface area (Å²) < 4.78 is 32.3. The Bertz CT molecular complexity index is 679. The number of methoxy groups -OCH3 is 1. The number of rotatable bonds is 4. The summed E-state index contributed by atoms with van der Waals surface area (Å²) in [6.07, 6.45) is 2.01. The van der Waals surface area contributed by atoms with E-state index in [0.29, 0.717) is 13.0 Å². The molecular weight excluding hydrogens is 351 g/mol. The molecule has 2 rings (SSSR count). The van der Waals surface area contributed by atoms with E-state index in [0.717, 1.165) is 12.8 Å². The summed E-state index contributed by atoms with van der Waals surface area (Å²) in [6, 6.07) is 1.72. The summed E-state index contributed by atoms with van der Waals surface area (Å²) in [6.45, 7) is 0.548. The normalized spacial score (nSPS) is 19.4. The molecule has 22 heavy (non-hydrogen) atoms. The number of halogens is 2. The fourth-order valence-corrected chi connectivity index (χ4v) is 4.25. The molecular formula is C13H16Cl2N2O4S. The fourth-order valence-electron chi connectivity index (χ4n) is 2.18. The number of sulfonamides is 1. The van der Waals surface area contributed by atoms with Crippen LogP contribution in [-0.2, 0) is 14.8 Å². The highest BCUT2D eigenvalue weighted by atomic mass is 35.5. The van der Waals surface area contributed by atoms with Crippen molar-refractivity contribution in [3.63, 3.8) is 0 Å². The topological polar surface area (TPSA) is 84.5 Å². The monoisotopic (exact) mass is 366 g/mol. The Hall–Kier alpha value is -1.02. The molecule has 0 aliphatic carbocycles. The highest BCUT2D eigenvalue weighted by Gasteiger charge is 2.28. The Labute approximate surface area is 139 Å². The highest BCUT2D eigenvalue weighted by molar-refractivity contribution is 7.89. The van der Waals surface area contributed by atoms with Gasteiger partial charge in [-0.25, -0.2) is 8.42 Å². The maximum absolute atomic E-state index is 12.5. The largest absolute Gasteiger partial charge is 0.495 e. The minimum atomic E-state index is -3.97. The number of hydrogen-bond acceptors (Lipinski definition) is 4. The van der Waals surface area contributed by atoms with Crippen molar-refractivity contribution in [1.29, 1.82) is 0 Å². The van der Waals surface area contributed by atoms with Gasteiger partial charge in [-0.1, -0.05) is 23.2 Å². The third-order valence-electron chi connectivity index (χ3n) is 3.33. The number of nitrogens with one attached hydrogen (secondary N) is 2. The van der Waals surface area contributed by atoms with Crippen molar-refractivity contribution in [2.45, 2.75) is 30.2 Å². The van der Waals surface area contributed by atoms with Crippen molar-refractivity contribution in [1.82, 2.24) is 10.0 Å². The summed E-state index contributed by atoms with van der Waals surface area (Å²) >= 11 is 11.9. The van der Waals surface area contributed by atoms with Crippen molar-refractivity contribution in [2.24, 2.45) is 0 Å². The molecule has 0 radical (unpaired) electrons. The molecule has 0 spiro atoms. The second-order valence-corrected chi connectivity index (χ2v) is 7.37. The molecule has 1 atom stereocenters. The molecule has 0 bridgehead atoms. The van der Waals surface area contributed by atoms with Gasteiger partial charge in [-0.05, 0) is 25.3 Å². The van der Waals surface area contributed by atoms with Crippen LogP contribution in [0.2, 0.25) is 10.0 Å². The molecule has 6 nitrogen and oxygen atoms in total. The Balaban J connectivity index is 2.30. The molecule has 1 unspecified atom stereocenters. The van der Waals surface area contributed by atoms with E-state index in [9.17, 15) is 13.2 Å². The maximum Gasteiger partial charge on any atom is 0.242 e. The van der Waals surface area contributed by atoms with Gasteiger partial charge in [0, 0.05) is 12.6 Å². The molecule has 1 heterocycles. The third-order valence-corrected chi connectivity index (χ3v) is 5.56. The van der Waals surface area contributed by atoms with Gasteiger partial charge in [0.1, 0.15) is 16.7 Å². The van der Waals surface area contributed by atoms with Crippen molar-refractivity contribution < 1.29 is 17.9 Å². The first-order valence-electron chi connectivity index (χ1n) is 6.68. The summed E-state index contributed by atoms with van der Waals surface area (Å²) in [5, 5.41) is 2.77. The average Bonchev–Trinajstić information content (AvgIpc) is 2.65. The molecule has 0 saturated carbocycles. The molecule has 1 fully saturated rings. The van der Waals surface area contributed by atoms with Gasteiger partial charge in [-0.3, -0.25) is 4.79 Å². The van der Waals surface area contributed by atoms with Gasteiger partial charge < -0.3 is 10.1 Å². The van der Waals surface area contributed by atoms with Crippen molar-refractivity contribution in [3.05, 3.63) is 22.2 Å². The van der Waals surface area contributed by atoms with Crippen molar-refractivity contribution >= 4 is 39.1 Å². The van der Waals surface area contributed by atoms with Gasteiger partial charge in [0.05, 0.1) is 17.2 Å². The van der Waals surface area contributed by atoms with Crippen LogP contribution in [-0.4, -0.2) is 34.0 Å². The van der Waals surface area contributed by atoms with Gasteiger partial charge in [0.25, 0.3) is 0 Å². The zero-order valence-corrected chi connectivity index (χ0v) is 14.2. The van der Waals surface area contributed by atoms with Gasteiger partial charge in [-0.15, -0.1) is 0 Å². The molecule has 1 amide bonds. The minimum absolute atomic E-state index is 0.0252. The van der Waals surface area contributed by atoms with E-state index in [1.54, 1.807) is 0 Å². The van der Waals surface area contributed by atoms with E-state index in [1.165, 1.54) is 19.2 Å². The van der Waals surface area contributed by atoms with Crippen LogP contribution in [0.4, 0.5) is 0 Å². The Morgan fingerprint density at radius 2 is 2.00 bits per heavy atom. The quantitative estimate of drug-likeness (QED) is 0.852. The summed E-state index contributed by atoms with van der Waals surface area (Å²) in [7, 11) is -2.57. The highest BCUT2D eigenvalue weighted by Crippen LogP contribution is 2.33. The predicted molar refractivity (Wildman–Crippen MR) is 84.0 cm³/mol. The zero-order chi connectivity index (χ0) is 16.3. The van der Waals surface area contributed by atoms with Crippen molar-refractivity contribution in [3.8, 4) is 5.75 Å². The first kappa shape index (κ1) is 17.3. The molecule has 1 aliphatic rings.